The lowest BCUT2D eigenvalue weighted by Crippen LogP contribution is -2.13. The van der Waals surface area contributed by atoms with Crippen LogP contribution in [0.4, 0.5) is 5.13 Å². The van der Waals surface area contributed by atoms with E-state index in [2.05, 4.69) is 10.3 Å². The second-order valence-electron chi connectivity index (χ2n) is 3.09. The Morgan fingerprint density at radius 2 is 2.35 bits per heavy atom. The quantitative estimate of drug-likeness (QED) is 0.745. The average Bonchev–Trinajstić information content (AvgIpc) is 2.65. The number of carbonyl (C=O) groups is 2. The van der Waals surface area contributed by atoms with Crippen LogP contribution in [0.2, 0.25) is 0 Å². The summed E-state index contributed by atoms with van der Waals surface area (Å²) in [6.07, 6.45) is 0.271. The summed E-state index contributed by atoms with van der Waals surface area (Å²) in [5, 5.41) is 5.03. The summed E-state index contributed by atoms with van der Waals surface area (Å²) in [5.41, 5.74) is 5.84. The summed E-state index contributed by atoms with van der Waals surface area (Å²) >= 11 is 8.18. The molecule has 0 radical (unpaired) electrons. The van der Waals surface area contributed by atoms with E-state index in [4.69, 9.17) is 17.3 Å². The van der Waals surface area contributed by atoms with Gasteiger partial charge in [-0.3, -0.25) is 9.59 Å². The third kappa shape index (κ3) is 5.90. The van der Waals surface area contributed by atoms with Crippen LogP contribution in [0.1, 0.15) is 12.1 Å². The number of primary amides is 1. The summed E-state index contributed by atoms with van der Waals surface area (Å²) in [7, 11) is 0. The molecule has 0 saturated carbocycles. The molecule has 0 spiro atoms. The molecule has 2 amide bonds. The fraction of sp³-hybridized carbons (Fsp3) is 0.444. The first-order chi connectivity index (χ1) is 8.11. The Morgan fingerprint density at radius 3 is 3.00 bits per heavy atom. The molecule has 0 fully saturated rings. The summed E-state index contributed by atoms with van der Waals surface area (Å²) < 4.78 is 0. The number of nitrogens with zero attached hydrogens (tertiary/aromatic N) is 1. The SMILES string of the molecule is NC(=O)CSCc1csc(NC(=O)CCCl)n1. The fourth-order valence-corrected chi connectivity index (χ4v) is 2.62. The van der Waals surface area contributed by atoms with Crippen LogP contribution in [0.5, 0.6) is 0 Å². The van der Waals surface area contributed by atoms with Gasteiger partial charge in [-0.15, -0.1) is 34.7 Å². The van der Waals surface area contributed by atoms with Crippen LogP contribution in [-0.4, -0.2) is 28.4 Å². The van der Waals surface area contributed by atoms with Gasteiger partial charge in [0.05, 0.1) is 11.4 Å². The molecule has 3 N–H and O–H groups in total. The summed E-state index contributed by atoms with van der Waals surface area (Å²) in [6, 6.07) is 0. The van der Waals surface area contributed by atoms with Crippen molar-refractivity contribution in [3.63, 3.8) is 0 Å². The molecule has 0 aliphatic heterocycles. The zero-order chi connectivity index (χ0) is 12.7. The first-order valence-corrected chi connectivity index (χ1v) is 7.35. The number of carbonyl (C=O) groups excluding carboxylic acids is 2. The zero-order valence-electron chi connectivity index (χ0n) is 8.94. The molecule has 0 aromatic carbocycles. The zero-order valence-corrected chi connectivity index (χ0v) is 11.3. The standard InChI is InChI=1S/C9H12ClN3O2S2/c10-2-1-8(15)13-9-12-6(4-17-9)3-16-5-7(11)14/h4H,1-3,5H2,(H2,11,14)(H,12,13,15). The van der Waals surface area contributed by atoms with Crippen LogP contribution in [0.15, 0.2) is 5.38 Å². The number of anilines is 1. The number of thiazole rings is 1. The van der Waals surface area contributed by atoms with E-state index in [0.717, 1.165) is 5.69 Å². The summed E-state index contributed by atoms with van der Waals surface area (Å²) in [4.78, 5) is 26.0. The number of halogens is 1. The normalized spacial score (nSPS) is 10.2. The number of hydrogen-bond donors (Lipinski definition) is 2. The highest BCUT2D eigenvalue weighted by atomic mass is 35.5. The molecule has 0 aliphatic carbocycles. The van der Waals surface area contributed by atoms with Crippen molar-refractivity contribution in [1.29, 1.82) is 0 Å². The van der Waals surface area contributed by atoms with Gasteiger partial charge < -0.3 is 11.1 Å². The lowest BCUT2D eigenvalue weighted by molar-refractivity contribution is -0.116. The van der Waals surface area contributed by atoms with Crippen molar-refractivity contribution in [3.8, 4) is 0 Å². The average molecular weight is 294 g/mol. The van der Waals surface area contributed by atoms with E-state index in [9.17, 15) is 9.59 Å². The Hall–Kier alpha value is -0.790. The number of nitrogens with two attached hydrogens (primary N) is 1. The molecule has 0 saturated heterocycles. The molecular formula is C9H12ClN3O2S2. The fourth-order valence-electron chi connectivity index (χ4n) is 0.954. The van der Waals surface area contributed by atoms with Crippen molar-refractivity contribution >= 4 is 51.6 Å². The molecule has 94 valence electrons. The number of thioether (sulfide) groups is 1. The molecule has 0 unspecified atom stereocenters. The maximum atomic E-state index is 11.2. The van der Waals surface area contributed by atoms with Crippen LogP contribution in [-0.2, 0) is 15.3 Å². The van der Waals surface area contributed by atoms with E-state index in [1.807, 2.05) is 5.38 Å². The van der Waals surface area contributed by atoms with Crippen molar-refractivity contribution < 1.29 is 9.59 Å². The van der Waals surface area contributed by atoms with E-state index in [-0.39, 0.29) is 24.0 Å². The van der Waals surface area contributed by atoms with E-state index in [1.54, 1.807) is 0 Å². The van der Waals surface area contributed by atoms with Gasteiger partial charge >= 0.3 is 0 Å². The number of rotatable bonds is 7. The molecule has 8 heteroatoms. The number of alkyl halides is 1. The van der Waals surface area contributed by atoms with Gasteiger partial charge in [0.1, 0.15) is 0 Å². The number of aromatic nitrogens is 1. The Kier molecular flexibility index (Phi) is 6.31. The van der Waals surface area contributed by atoms with Gasteiger partial charge in [0.25, 0.3) is 0 Å². The van der Waals surface area contributed by atoms with Gasteiger partial charge in [-0.2, -0.15) is 0 Å². The molecule has 0 atom stereocenters. The van der Waals surface area contributed by atoms with Crippen LogP contribution < -0.4 is 11.1 Å². The first-order valence-electron chi connectivity index (χ1n) is 4.78. The maximum absolute atomic E-state index is 11.2. The molecule has 1 heterocycles. The smallest absolute Gasteiger partial charge is 0.227 e. The van der Waals surface area contributed by atoms with E-state index in [1.165, 1.54) is 23.1 Å². The van der Waals surface area contributed by atoms with Crippen molar-refractivity contribution in [1.82, 2.24) is 4.98 Å². The highest BCUT2D eigenvalue weighted by Gasteiger charge is 2.06. The lowest BCUT2D eigenvalue weighted by Gasteiger charge is -1.98. The molecule has 0 aliphatic rings. The minimum atomic E-state index is -0.346. The van der Waals surface area contributed by atoms with Crippen molar-refractivity contribution in [2.45, 2.75) is 12.2 Å². The van der Waals surface area contributed by atoms with Crippen LogP contribution in [0, 0.1) is 0 Å². The highest BCUT2D eigenvalue weighted by molar-refractivity contribution is 7.99. The third-order valence-electron chi connectivity index (χ3n) is 1.61. The second kappa shape index (κ2) is 7.52. The van der Waals surface area contributed by atoms with Crippen LogP contribution in [0.3, 0.4) is 0 Å². The monoisotopic (exact) mass is 293 g/mol. The van der Waals surface area contributed by atoms with E-state index >= 15 is 0 Å². The minimum absolute atomic E-state index is 0.148. The van der Waals surface area contributed by atoms with Gasteiger partial charge in [-0.1, -0.05) is 0 Å². The Balaban J connectivity index is 2.37. The van der Waals surface area contributed by atoms with Gasteiger partial charge in [-0.25, -0.2) is 4.98 Å². The molecule has 1 aromatic rings. The van der Waals surface area contributed by atoms with Gasteiger partial charge in [0, 0.05) is 23.4 Å². The molecule has 17 heavy (non-hydrogen) atoms. The number of amides is 2. The third-order valence-corrected chi connectivity index (χ3v) is 3.60. The van der Waals surface area contributed by atoms with Crippen molar-refractivity contribution in [2.24, 2.45) is 5.73 Å². The number of hydrogen-bond acceptors (Lipinski definition) is 5. The van der Waals surface area contributed by atoms with Crippen LogP contribution in [0.25, 0.3) is 0 Å². The minimum Gasteiger partial charge on any atom is -0.369 e. The second-order valence-corrected chi connectivity index (χ2v) is 5.31. The van der Waals surface area contributed by atoms with Gasteiger partial charge in [0.2, 0.25) is 11.8 Å². The van der Waals surface area contributed by atoms with Crippen molar-refractivity contribution in [3.05, 3.63) is 11.1 Å². The Labute approximate surface area is 112 Å². The predicted octanol–water partition coefficient (Wildman–Crippen LogP) is 1.43. The largest absolute Gasteiger partial charge is 0.369 e. The van der Waals surface area contributed by atoms with E-state index in [0.29, 0.717) is 16.8 Å². The molecule has 0 bridgehead atoms. The maximum Gasteiger partial charge on any atom is 0.227 e. The van der Waals surface area contributed by atoms with E-state index < -0.39 is 0 Å². The summed E-state index contributed by atoms with van der Waals surface area (Å²) in [6.45, 7) is 0. The predicted molar refractivity (Wildman–Crippen MR) is 71.4 cm³/mol. The van der Waals surface area contributed by atoms with Crippen molar-refractivity contribution in [2.75, 3.05) is 16.9 Å². The van der Waals surface area contributed by atoms with Crippen LogP contribution >= 0.6 is 34.7 Å². The Morgan fingerprint density at radius 1 is 1.59 bits per heavy atom. The topological polar surface area (TPSA) is 85.1 Å². The molecule has 1 aromatic heterocycles. The van der Waals surface area contributed by atoms with Gasteiger partial charge in [-0.05, 0) is 0 Å². The first kappa shape index (κ1) is 14.3. The summed E-state index contributed by atoms with van der Waals surface area (Å²) in [5.74, 6) is 0.668. The highest BCUT2D eigenvalue weighted by Crippen LogP contribution is 2.19. The van der Waals surface area contributed by atoms with Gasteiger partial charge in [0.15, 0.2) is 5.13 Å². The molecular weight excluding hydrogens is 282 g/mol. The molecule has 5 nitrogen and oxygen atoms in total. The lowest BCUT2D eigenvalue weighted by atomic mass is 10.5. The Bertz CT molecular complexity index is 397. The number of nitrogens with one attached hydrogen (secondary N) is 1. The molecule has 1 rings (SSSR count).